The Morgan fingerprint density at radius 2 is 1.61 bits per heavy atom. The minimum atomic E-state index is -4.33. The first-order chi connectivity index (χ1) is 36.2. The molecule has 3 amide bonds. The number of nitrogens with zero attached hydrogens (tertiary/aromatic N) is 8. The van der Waals surface area contributed by atoms with Gasteiger partial charge in [-0.05, 0) is 73.9 Å². The third kappa shape index (κ3) is 10.8. The van der Waals surface area contributed by atoms with Crippen LogP contribution in [0.15, 0.2) is 113 Å². The van der Waals surface area contributed by atoms with Gasteiger partial charge in [-0.15, -0.1) is 0 Å². The summed E-state index contributed by atoms with van der Waals surface area (Å²) in [5, 5.41) is 12.7. The van der Waals surface area contributed by atoms with E-state index in [2.05, 4.69) is 30.5 Å². The number of piperazine rings is 1. The van der Waals surface area contributed by atoms with Crippen LogP contribution in [-0.4, -0.2) is 122 Å². The molecular formula is C52H53FN12O9S. The molecule has 2 aliphatic rings. The Bertz CT molecular complexity index is 3640. The Hall–Kier alpha value is -8.57. The number of nitrogens with one attached hydrogen (secondary N) is 4. The average Bonchev–Trinajstić information content (AvgIpc) is 3.88. The lowest BCUT2D eigenvalue weighted by atomic mass is 10.1. The van der Waals surface area contributed by atoms with Gasteiger partial charge >= 0.3 is 5.69 Å². The number of sulfonamides is 1. The van der Waals surface area contributed by atoms with Crippen LogP contribution in [0.4, 0.5) is 21.6 Å². The SMILES string of the molecule is CCCOc1cccc(Oc2cc3c(cc2NS(=O)(=O)c2cccc(C(=O)NCCOCC(=O)N4CCN(C(=O)c5ccc(Nc6nc(C7CC7)cn7c(-c8cn[nH]c8)cnc67)c(F)c5)CC4)c2)n(C)c(=O)n3C)c1. The number of amides is 3. The van der Waals surface area contributed by atoms with E-state index in [-0.39, 0.29) is 96.6 Å². The third-order valence-corrected chi connectivity index (χ3v) is 14.3. The Labute approximate surface area is 429 Å². The average molecular weight is 1040 g/mol. The molecule has 0 radical (unpaired) electrons. The number of rotatable bonds is 19. The molecule has 4 aromatic carbocycles. The number of ether oxygens (including phenoxy) is 3. The maximum absolute atomic E-state index is 15.7. The molecule has 1 saturated carbocycles. The highest BCUT2D eigenvalue weighted by Gasteiger charge is 2.29. The number of aryl methyl sites for hydroxylation is 2. The summed E-state index contributed by atoms with van der Waals surface area (Å²) in [5.74, 6) is -0.126. The number of carbonyl (C=O) groups excluding carboxylic acids is 3. The second kappa shape index (κ2) is 21.1. The van der Waals surface area contributed by atoms with Crippen LogP contribution in [-0.2, 0) is 33.7 Å². The number of aromatic nitrogens is 7. The summed E-state index contributed by atoms with van der Waals surface area (Å²) in [7, 11) is -1.15. The van der Waals surface area contributed by atoms with Gasteiger partial charge in [-0.3, -0.25) is 37.7 Å². The summed E-state index contributed by atoms with van der Waals surface area (Å²) in [4.78, 5) is 64.9. The summed E-state index contributed by atoms with van der Waals surface area (Å²) in [6, 6.07) is 19.7. The molecule has 1 aliphatic carbocycles. The van der Waals surface area contributed by atoms with E-state index in [0.717, 1.165) is 36.2 Å². The van der Waals surface area contributed by atoms with Crippen molar-refractivity contribution in [3.05, 3.63) is 137 Å². The molecule has 0 unspecified atom stereocenters. The maximum atomic E-state index is 15.7. The number of carbonyl (C=O) groups is 3. The lowest BCUT2D eigenvalue weighted by Crippen LogP contribution is -2.51. The van der Waals surface area contributed by atoms with Crippen molar-refractivity contribution in [2.45, 2.75) is 37.0 Å². The van der Waals surface area contributed by atoms with Crippen molar-refractivity contribution in [1.82, 2.24) is 48.8 Å². The molecule has 2 fully saturated rings. The van der Waals surface area contributed by atoms with Gasteiger partial charge in [-0.1, -0.05) is 19.1 Å². The largest absolute Gasteiger partial charge is 0.493 e. The molecule has 0 bridgehead atoms. The van der Waals surface area contributed by atoms with Gasteiger partial charge in [0.15, 0.2) is 17.2 Å². The van der Waals surface area contributed by atoms with Crippen molar-refractivity contribution in [2.24, 2.45) is 14.1 Å². The van der Waals surface area contributed by atoms with Crippen LogP contribution >= 0.6 is 0 Å². The lowest BCUT2D eigenvalue weighted by molar-refractivity contribution is -0.137. The molecule has 21 nitrogen and oxygen atoms in total. The number of imidazole rings is 2. The molecule has 8 aromatic rings. The molecule has 75 heavy (non-hydrogen) atoms. The predicted octanol–water partition coefficient (Wildman–Crippen LogP) is 6.18. The van der Waals surface area contributed by atoms with E-state index in [1.807, 2.05) is 17.5 Å². The highest BCUT2D eigenvalue weighted by Crippen LogP contribution is 2.41. The first-order valence-electron chi connectivity index (χ1n) is 24.3. The van der Waals surface area contributed by atoms with Gasteiger partial charge < -0.3 is 34.6 Å². The Morgan fingerprint density at radius 3 is 2.36 bits per heavy atom. The minimum absolute atomic E-state index is 0.0137. The number of hydrogen-bond acceptors (Lipinski definition) is 13. The number of fused-ring (bicyclic) bond motifs is 2. The van der Waals surface area contributed by atoms with Gasteiger partial charge in [0.1, 0.15) is 23.9 Å². The molecule has 23 heteroatoms. The first-order valence-corrected chi connectivity index (χ1v) is 25.8. The molecule has 1 saturated heterocycles. The molecule has 4 N–H and O–H groups in total. The monoisotopic (exact) mass is 1040 g/mol. The van der Waals surface area contributed by atoms with E-state index in [4.69, 9.17) is 19.2 Å². The van der Waals surface area contributed by atoms with Crippen LogP contribution in [0.1, 0.15) is 58.5 Å². The summed E-state index contributed by atoms with van der Waals surface area (Å²) in [5.41, 5.74) is 4.08. The Morgan fingerprint density at radius 1 is 0.853 bits per heavy atom. The molecule has 4 aromatic heterocycles. The molecule has 10 rings (SSSR count). The fourth-order valence-electron chi connectivity index (χ4n) is 8.75. The highest BCUT2D eigenvalue weighted by atomic mass is 32.2. The zero-order valence-corrected chi connectivity index (χ0v) is 42.0. The van der Waals surface area contributed by atoms with Gasteiger partial charge in [0, 0.05) is 94.0 Å². The van der Waals surface area contributed by atoms with Crippen molar-refractivity contribution >= 4 is 61.6 Å². The van der Waals surface area contributed by atoms with E-state index in [0.29, 0.717) is 46.5 Å². The van der Waals surface area contributed by atoms with Crippen LogP contribution in [0.5, 0.6) is 17.2 Å². The zero-order valence-electron chi connectivity index (χ0n) is 41.2. The Balaban J connectivity index is 0.700. The molecular weight excluding hydrogens is 988 g/mol. The second-order valence-corrected chi connectivity index (χ2v) is 19.9. The molecule has 388 valence electrons. The van der Waals surface area contributed by atoms with Crippen molar-refractivity contribution < 1.29 is 41.4 Å². The van der Waals surface area contributed by atoms with Crippen molar-refractivity contribution in [1.29, 1.82) is 0 Å². The number of aromatic amines is 1. The number of benzene rings is 4. The number of halogens is 1. The summed E-state index contributed by atoms with van der Waals surface area (Å²) < 4.78 is 68.4. The highest BCUT2D eigenvalue weighted by molar-refractivity contribution is 7.92. The molecule has 0 atom stereocenters. The molecule has 1 aliphatic heterocycles. The fraction of sp³-hybridized carbons (Fsp3) is 0.288. The first kappa shape index (κ1) is 50.0. The van der Waals surface area contributed by atoms with Crippen LogP contribution in [0.25, 0.3) is 27.9 Å². The Kier molecular flexibility index (Phi) is 14.1. The summed E-state index contributed by atoms with van der Waals surface area (Å²) in [6.07, 6.45) is 9.98. The van der Waals surface area contributed by atoms with Crippen molar-refractivity contribution in [3.63, 3.8) is 0 Å². The van der Waals surface area contributed by atoms with E-state index in [9.17, 15) is 27.6 Å². The normalized spacial score (nSPS) is 13.8. The minimum Gasteiger partial charge on any atom is -0.493 e. The van der Waals surface area contributed by atoms with E-state index >= 15 is 4.39 Å². The van der Waals surface area contributed by atoms with E-state index in [1.165, 1.54) is 51.6 Å². The van der Waals surface area contributed by atoms with Gasteiger partial charge in [0.25, 0.3) is 21.8 Å². The maximum Gasteiger partial charge on any atom is 0.328 e. The van der Waals surface area contributed by atoms with Gasteiger partial charge in [0.05, 0.1) is 64.3 Å². The fourth-order valence-corrected chi connectivity index (χ4v) is 9.86. The summed E-state index contributed by atoms with van der Waals surface area (Å²) >= 11 is 0. The quantitative estimate of drug-likeness (QED) is 0.0663. The third-order valence-electron chi connectivity index (χ3n) is 13.0. The topological polar surface area (TPSA) is 241 Å². The zero-order chi connectivity index (χ0) is 52.4. The van der Waals surface area contributed by atoms with E-state index < -0.39 is 21.7 Å². The van der Waals surface area contributed by atoms with Crippen LogP contribution in [0, 0.1) is 5.82 Å². The van der Waals surface area contributed by atoms with Crippen molar-refractivity contribution in [3.8, 4) is 28.5 Å². The van der Waals surface area contributed by atoms with Crippen molar-refractivity contribution in [2.75, 3.05) is 62.6 Å². The number of hydrogen-bond donors (Lipinski definition) is 4. The van der Waals surface area contributed by atoms with Crippen LogP contribution < -0.4 is 30.5 Å². The lowest BCUT2D eigenvalue weighted by Gasteiger charge is -2.34. The molecule has 0 spiro atoms. The van der Waals surface area contributed by atoms with E-state index in [1.54, 1.807) is 78.9 Å². The van der Waals surface area contributed by atoms with Gasteiger partial charge in [-0.25, -0.2) is 27.6 Å². The predicted molar refractivity (Wildman–Crippen MR) is 276 cm³/mol. The van der Waals surface area contributed by atoms with Gasteiger partial charge in [-0.2, -0.15) is 5.10 Å². The second-order valence-electron chi connectivity index (χ2n) is 18.2. The van der Waals surface area contributed by atoms with Gasteiger partial charge in [0.2, 0.25) is 5.91 Å². The smallest absolute Gasteiger partial charge is 0.328 e. The van der Waals surface area contributed by atoms with Crippen LogP contribution in [0.3, 0.4) is 0 Å². The van der Waals surface area contributed by atoms with Crippen LogP contribution in [0.2, 0.25) is 0 Å². The number of H-pyrrole nitrogens is 1. The summed E-state index contributed by atoms with van der Waals surface area (Å²) in [6.45, 7) is 3.13. The standard InChI is InChI=1S/C52H53FN12O9S/c1-4-20-73-36-8-6-9-37(24-36)74-46-26-44-43(61(2)52(69)62(44)3)25-41(46)60-75(70,71)38-10-5-7-33(22-38)50(67)54-15-21-72-31-47(66)63-16-18-64(19-17-63)51(68)34-13-14-40(39(53)23-34)58-48-49-55-29-45(35-27-56-57-28-35)65(49)30-42(59-48)32-11-12-32/h5-10,13-14,22-30,32,60H,4,11-12,15-21,31H2,1-3H3,(H,54,67)(H,56,57)(H,58,59). The number of anilines is 3. The molecule has 5 heterocycles.